The lowest BCUT2D eigenvalue weighted by Gasteiger charge is -2.27. The van der Waals surface area contributed by atoms with E-state index in [-0.39, 0.29) is 23.2 Å². The van der Waals surface area contributed by atoms with Gasteiger partial charge in [-0.1, -0.05) is 36.4 Å². The first-order valence-electron chi connectivity index (χ1n) is 8.61. The van der Waals surface area contributed by atoms with Crippen molar-refractivity contribution in [2.45, 2.75) is 32.1 Å². The van der Waals surface area contributed by atoms with Crippen LogP contribution in [0.25, 0.3) is 0 Å². The molecule has 128 valence electrons. The van der Waals surface area contributed by atoms with Crippen molar-refractivity contribution in [1.82, 2.24) is 0 Å². The number of nitriles is 1. The third kappa shape index (κ3) is 4.24. The zero-order valence-electron chi connectivity index (χ0n) is 14.0. The van der Waals surface area contributed by atoms with E-state index in [1.807, 2.05) is 18.2 Å². The van der Waals surface area contributed by atoms with Crippen molar-refractivity contribution in [3.8, 4) is 11.8 Å². The van der Waals surface area contributed by atoms with Crippen LogP contribution in [-0.4, -0.2) is 5.97 Å². The first kappa shape index (κ1) is 17.2. The minimum absolute atomic E-state index is 0.0129. The van der Waals surface area contributed by atoms with E-state index >= 15 is 0 Å². The van der Waals surface area contributed by atoms with Gasteiger partial charge in [0.2, 0.25) is 0 Å². The topological polar surface area (TPSA) is 50.1 Å². The summed E-state index contributed by atoms with van der Waals surface area (Å²) in [5.41, 5.74) is 1.11. The number of hydrogen-bond acceptors (Lipinski definition) is 3. The van der Waals surface area contributed by atoms with Gasteiger partial charge < -0.3 is 4.74 Å². The largest absolute Gasteiger partial charge is 0.425 e. The molecule has 0 atom stereocenters. The van der Waals surface area contributed by atoms with Crippen molar-refractivity contribution in [1.29, 1.82) is 5.26 Å². The average molecular weight is 337 g/mol. The second kappa shape index (κ2) is 7.94. The Morgan fingerprint density at radius 3 is 2.48 bits per heavy atom. The van der Waals surface area contributed by atoms with E-state index < -0.39 is 5.82 Å². The van der Waals surface area contributed by atoms with Crippen LogP contribution in [0, 0.1) is 29.0 Å². The summed E-state index contributed by atoms with van der Waals surface area (Å²) in [6, 6.07) is 16.2. The number of ether oxygens (including phenoxy) is 1. The van der Waals surface area contributed by atoms with Gasteiger partial charge in [-0.3, -0.25) is 4.79 Å². The van der Waals surface area contributed by atoms with Crippen LogP contribution >= 0.6 is 0 Å². The highest BCUT2D eigenvalue weighted by atomic mass is 19.1. The highest BCUT2D eigenvalue weighted by molar-refractivity contribution is 5.76. The van der Waals surface area contributed by atoms with Crippen LogP contribution in [0.15, 0.2) is 48.5 Å². The van der Waals surface area contributed by atoms with E-state index in [0.717, 1.165) is 32.1 Å². The molecule has 0 bridgehead atoms. The fraction of sp³-hybridized carbons (Fsp3) is 0.333. The van der Waals surface area contributed by atoms with E-state index in [1.165, 1.54) is 23.8 Å². The van der Waals surface area contributed by atoms with E-state index in [9.17, 15) is 9.18 Å². The number of carbonyl (C=O) groups is 1. The Morgan fingerprint density at radius 1 is 1.08 bits per heavy atom. The third-order valence-corrected chi connectivity index (χ3v) is 4.85. The summed E-state index contributed by atoms with van der Waals surface area (Å²) in [5, 5.41) is 9.02. The quantitative estimate of drug-likeness (QED) is 0.602. The molecule has 0 heterocycles. The summed E-state index contributed by atoms with van der Waals surface area (Å²) in [7, 11) is 0. The molecule has 2 aromatic rings. The lowest BCUT2D eigenvalue weighted by atomic mass is 9.79. The molecule has 1 aliphatic carbocycles. The highest BCUT2D eigenvalue weighted by Crippen LogP contribution is 2.32. The molecular weight excluding hydrogens is 317 g/mol. The minimum Gasteiger partial charge on any atom is -0.425 e. The van der Waals surface area contributed by atoms with Crippen molar-refractivity contribution in [2.75, 3.05) is 0 Å². The number of benzene rings is 2. The van der Waals surface area contributed by atoms with Gasteiger partial charge in [0.25, 0.3) is 0 Å². The molecule has 0 aliphatic heterocycles. The van der Waals surface area contributed by atoms with Gasteiger partial charge in [-0.2, -0.15) is 5.26 Å². The molecule has 0 aromatic heterocycles. The molecule has 0 amide bonds. The molecule has 25 heavy (non-hydrogen) atoms. The first-order valence-corrected chi connectivity index (χ1v) is 8.61. The SMILES string of the molecule is N#Cc1c(F)cccc1OC(=O)C1CCC(Cc2ccccc2)CC1. The van der Waals surface area contributed by atoms with Gasteiger partial charge in [-0.25, -0.2) is 4.39 Å². The van der Waals surface area contributed by atoms with E-state index in [1.54, 1.807) is 6.07 Å². The maximum absolute atomic E-state index is 13.6. The lowest BCUT2D eigenvalue weighted by Crippen LogP contribution is -2.26. The Labute approximate surface area is 147 Å². The van der Waals surface area contributed by atoms with Crippen molar-refractivity contribution >= 4 is 5.97 Å². The van der Waals surface area contributed by atoms with Crippen LogP contribution in [0.1, 0.15) is 36.8 Å². The Morgan fingerprint density at radius 2 is 1.80 bits per heavy atom. The molecule has 0 saturated heterocycles. The van der Waals surface area contributed by atoms with Gasteiger partial charge in [0.15, 0.2) is 5.75 Å². The smallest absolute Gasteiger partial charge is 0.314 e. The Balaban J connectivity index is 1.55. The summed E-state index contributed by atoms with van der Waals surface area (Å²) in [5.74, 6) is -0.615. The van der Waals surface area contributed by atoms with Gasteiger partial charge in [0.1, 0.15) is 17.4 Å². The Bertz CT molecular complexity index is 774. The Kier molecular flexibility index (Phi) is 5.45. The maximum atomic E-state index is 13.6. The van der Waals surface area contributed by atoms with Crippen LogP contribution < -0.4 is 4.74 Å². The lowest BCUT2D eigenvalue weighted by molar-refractivity contribution is -0.140. The van der Waals surface area contributed by atoms with Crippen molar-refractivity contribution in [2.24, 2.45) is 11.8 Å². The van der Waals surface area contributed by atoms with Crippen molar-refractivity contribution < 1.29 is 13.9 Å². The Hall–Kier alpha value is -2.67. The van der Waals surface area contributed by atoms with Crippen LogP contribution in [-0.2, 0) is 11.2 Å². The zero-order valence-corrected chi connectivity index (χ0v) is 14.0. The van der Waals surface area contributed by atoms with Crippen LogP contribution in [0.3, 0.4) is 0 Å². The molecule has 2 aromatic carbocycles. The molecule has 3 nitrogen and oxygen atoms in total. The first-order chi connectivity index (χ1) is 12.2. The maximum Gasteiger partial charge on any atom is 0.314 e. The summed E-state index contributed by atoms with van der Waals surface area (Å²) < 4.78 is 18.9. The van der Waals surface area contributed by atoms with Crippen molar-refractivity contribution in [3.63, 3.8) is 0 Å². The number of hydrogen-bond donors (Lipinski definition) is 0. The second-order valence-corrected chi connectivity index (χ2v) is 6.55. The van der Waals surface area contributed by atoms with Crippen LogP contribution in [0.2, 0.25) is 0 Å². The summed E-state index contributed by atoms with van der Waals surface area (Å²) >= 11 is 0. The van der Waals surface area contributed by atoms with E-state index in [2.05, 4.69) is 12.1 Å². The molecular formula is C21H20FNO2. The summed E-state index contributed by atoms with van der Waals surface area (Å²) in [6.07, 6.45) is 4.53. The molecule has 1 aliphatic rings. The minimum atomic E-state index is -0.667. The second-order valence-electron chi connectivity index (χ2n) is 6.55. The summed E-state index contributed by atoms with van der Waals surface area (Å²) in [4.78, 5) is 12.4. The average Bonchev–Trinajstić information content (AvgIpc) is 2.63. The highest BCUT2D eigenvalue weighted by Gasteiger charge is 2.28. The molecule has 4 heteroatoms. The van der Waals surface area contributed by atoms with Crippen LogP contribution in [0.4, 0.5) is 4.39 Å². The molecule has 0 N–H and O–H groups in total. The number of nitrogens with zero attached hydrogens (tertiary/aromatic N) is 1. The van der Waals surface area contributed by atoms with Gasteiger partial charge in [-0.05, 0) is 55.7 Å². The fourth-order valence-electron chi connectivity index (χ4n) is 3.44. The molecule has 0 unspecified atom stereocenters. The number of carbonyl (C=O) groups excluding carboxylic acids is 1. The fourth-order valence-corrected chi connectivity index (χ4v) is 3.44. The third-order valence-electron chi connectivity index (χ3n) is 4.85. The van der Waals surface area contributed by atoms with Gasteiger partial charge in [0.05, 0.1) is 5.92 Å². The molecule has 3 rings (SSSR count). The standard InChI is InChI=1S/C21H20FNO2/c22-19-7-4-8-20(18(19)14-23)25-21(24)17-11-9-16(10-12-17)13-15-5-2-1-3-6-15/h1-8,16-17H,9-13H2. The van der Waals surface area contributed by atoms with E-state index in [4.69, 9.17) is 10.00 Å². The van der Waals surface area contributed by atoms with Gasteiger partial charge >= 0.3 is 5.97 Å². The number of rotatable bonds is 4. The molecule has 0 radical (unpaired) electrons. The zero-order chi connectivity index (χ0) is 17.6. The van der Waals surface area contributed by atoms with Crippen molar-refractivity contribution in [3.05, 3.63) is 65.5 Å². The predicted octanol–water partition coefficient (Wildman–Crippen LogP) is 4.65. The monoisotopic (exact) mass is 337 g/mol. The number of esters is 1. The normalized spacial score (nSPS) is 19.8. The molecule has 0 spiro atoms. The molecule has 1 saturated carbocycles. The summed E-state index contributed by atoms with van der Waals surface area (Å²) in [6.45, 7) is 0. The molecule has 1 fully saturated rings. The van der Waals surface area contributed by atoms with Crippen LogP contribution in [0.5, 0.6) is 5.75 Å². The van der Waals surface area contributed by atoms with E-state index in [0.29, 0.717) is 5.92 Å². The predicted molar refractivity (Wildman–Crippen MR) is 92.3 cm³/mol. The number of halogens is 1. The van der Waals surface area contributed by atoms with Gasteiger partial charge in [-0.15, -0.1) is 0 Å². The van der Waals surface area contributed by atoms with Gasteiger partial charge in [0, 0.05) is 0 Å².